The van der Waals surface area contributed by atoms with Gasteiger partial charge in [-0.15, -0.1) is 0 Å². The number of hydrogen-bond acceptors (Lipinski definition) is 6. The van der Waals surface area contributed by atoms with Crippen molar-refractivity contribution in [2.24, 2.45) is 10.9 Å². The summed E-state index contributed by atoms with van der Waals surface area (Å²) < 4.78 is 6.63. The standard InChI is InChI=1S/C21H20N4O3/c1-3-28-21(27)17(20(26)16-9-5-4-6-10-16)14-23-19-13-15(2)24-25(19)18-11-7-8-12-22-18/h4-14,17H,3H2,1-2H3. The van der Waals surface area contributed by atoms with Crippen molar-refractivity contribution in [1.29, 1.82) is 0 Å². The first-order valence-corrected chi connectivity index (χ1v) is 8.88. The molecule has 3 aromatic rings. The van der Waals surface area contributed by atoms with Gasteiger partial charge in [-0.25, -0.2) is 9.98 Å². The van der Waals surface area contributed by atoms with Crippen LogP contribution >= 0.6 is 0 Å². The second kappa shape index (κ2) is 8.85. The van der Waals surface area contributed by atoms with Gasteiger partial charge in [0.15, 0.2) is 23.3 Å². The Morgan fingerprint density at radius 3 is 2.61 bits per heavy atom. The number of esters is 1. The largest absolute Gasteiger partial charge is 0.465 e. The van der Waals surface area contributed by atoms with Crippen LogP contribution in [0.3, 0.4) is 0 Å². The van der Waals surface area contributed by atoms with Gasteiger partial charge in [-0.1, -0.05) is 36.4 Å². The first-order chi connectivity index (χ1) is 13.6. The highest BCUT2D eigenvalue weighted by Crippen LogP contribution is 2.19. The van der Waals surface area contributed by atoms with Crippen LogP contribution in [0.15, 0.2) is 65.8 Å². The number of pyridine rings is 1. The summed E-state index contributed by atoms with van der Waals surface area (Å²) in [4.78, 5) is 33.8. The Labute approximate surface area is 162 Å². The average Bonchev–Trinajstić information content (AvgIpc) is 3.10. The van der Waals surface area contributed by atoms with Gasteiger partial charge in [0.05, 0.1) is 12.3 Å². The molecule has 0 aliphatic heterocycles. The molecule has 1 atom stereocenters. The molecule has 0 aliphatic rings. The van der Waals surface area contributed by atoms with E-state index in [0.717, 1.165) is 5.69 Å². The molecule has 0 amide bonds. The Morgan fingerprint density at radius 2 is 1.93 bits per heavy atom. The van der Waals surface area contributed by atoms with E-state index >= 15 is 0 Å². The molecular weight excluding hydrogens is 356 g/mol. The molecular formula is C21H20N4O3. The second-order valence-corrected chi connectivity index (χ2v) is 5.98. The molecule has 2 heterocycles. The molecule has 0 spiro atoms. The average molecular weight is 376 g/mol. The van der Waals surface area contributed by atoms with Crippen molar-refractivity contribution in [3.05, 3.63) is 72.1 Å². The Kier molecular flexibility index (Phi) is 6.06. The number of ketones is 1. The lowest BCUT2D eigenvalue weighted by atomic mass is 9.99. The quantitative estimate of drug-likeness (QED) is 0.273. The van der Waals surface area contributed by atoms with E-state index in [-0.39, 0.29) is 12.4 Å². The molecule has 0 aliphatic carbocycles. The molecule has 1 aromatic carbocycles. The van der Waals surface area contributed by atoms with Gasteiger partial charge in [0.2, 0.25) is 0 Å². The lowest BCUT2D eigenvalue weighted by molar-refractivity contribution is -0.143. The maximum atomic E-state index is 12.8. The van der Waals surface area contributed by atoms with Crippen molar-refractivity contribution in [3.8, 4) is 5.82 Å². The fraction of sp³-hybridized carbons (Fsp3) is 0.190. The van der Waals surface area contributed by atoms with Gasteiger partial charge in [0, 0.05) is 24.0 Å². The molecule has 3 rings (SSSR count). The zero-order valence-corrected chi connectivity index (χ0v) is 15.6. The third-order valence-electron chi connectivity index (χ3n) is 3.92. The highest BCUT2D eigenvalue weighted by molar-refractivity contribution is 6.18. The fourth-order valence-corrected chi connectivity index (χ4v) is 2.63. The highest BCUT2D eigenvalue weighted by Gasteiger charge is 2.27. The Balaban J connectivity index is 1.94. The molecule has 7 heteroatoms. The van der Waals surface area contributed by atoms with Crippen molar-refractivity contribution < 1.29 is 14.3 Å². The van der Waals surface area contributed by atoms with E-state index in [1.54, 1.807) is 66.3 Å². The van der Waals surface area contributed by atoms with E-state index in [1.807, 2.05) is 13.0 Å². The summed E-state index contributed by atoms with van der Waals surface area (Å²) in [6.07, 6.45) is 2.96. The Bertz CT molecular complexity index is 981. The van der Waals surface area contributed by atoms with Crippen molar-refractivity contribution in [2.45, 2.75) is 13.8 Å². The molecule has 142 valence electrons. The third-order valence-corrected chi connectivity index (χ3v) is 3.92. The van der Waals surface area contributed by atoms with Gasteiger partial charge in [0.25, 0.3) is 0 Å². The Morgan fingerprint density at radius 1 is 1.18 bits per heavy atom. The predicted molar refractivity (Wildman–Crippen MR) is 105 cm³/mol. The zero-order valence-electron chi connectivity index (χ0n) is 15.6. The Hall–Kier alpha value is -3.61. The lowest BCUT2D eigenvalue weighted by Crippen LogP contribution is -2.27. The molecule has 28 heavy (non-hydrogen) atoms. The van der Waals surface area contributed by atoms with Crippen molar-refractivity contribution in [1.82, 2.24) is 14.8 Å². The monoisotopic (exact) mass is 376 g/mol. The number of carbonyl (C=O) groups excluding carboxylic acids is 2. The van der Waals surface area contributed by atoms with Gasteiger partial charge in [-0.3, -0.25) is 9.59 Å². The first kappa shape index (κ1) is 19.2. The van der Waals surface area contributed by atoms with Crippen LogP contribution in [0.5, 0.6) is 0 Å². The maximum absolute atomic E-state index is 12.8. The SMILES string of the molecule is CCOC(=O)C(C=Nc1cc(C)nn1-c1ccccn1)C(=O)c1ccccc1. The summed E-state index contributed by atoms with van der Waals surface area (Å²) in [5.41, 5.74) is 1.15. The molecule has 2 aromatic heterocycles. The van der Waals surface area contributed by atoms with Gasteiger partial charge in [0.1, 0.15) is 0 Å². The molecule has 0 N–H and O–H groups in total. The van der Waals surface area contributed by atoms with Crippen LogP contribution < -0.4 is 0 Å². The van der Waals surface area contributed by atoms with E-state index in [2.05, 4.69) is 15.1 Å². The smallest absolute Gasteiger partial charge is 0.322 e. The summed E-state index contributed by atoms with van der Waals surface area (Å²) in [7, 11) is 0. The number of Topliss-reactive ketones (excluding diaryl/α,β-unsaturated/α-hetero) is 1. The zero-order chi connectivity index (χ0) is 19.9. The molecule has 0 saturated carbocycles. The number of aromatic nitrogens is 3. The van der Waals surface area contributed by atoms with Crippen LogP contribution in [0.4, 0.5) is 5.82 Å². The molecule has 0 bridgehead atoms. The number of nitrogens with zero attached hydrogens (tertiary/aromatic N) is 4. The number of aryl methyl sites for hydroxylation is 1. The predicted octanol–water partition coefficient (Wildman–Crippen LogP) is 3.34. The summed E-state index contributed by atoms with van der Waals surface area (Å²) in [6, 6.07) is 15.8. The van der Waals surface area contributed by atoms with E-state index in [4.69, 9.17) is 4.74 Å². The van der Waals surface area contributed by atoms with E-state index in [0.29, 0.717) is 17.2 Å². The normalized spacial score (nSPS) is 12.1. The summed E-state index contributed by atoms with van der Waals surface area (Å²) in [5, 5.41) is 4.38. The van der Waals surface area contributed by atoms with Gasteiger partial charge >= 0.3 is 5.97 Å². The van der Waals surface area contributed by atoms with Crippen LogP contribution in [-0.4, -0.2) is 39.3 Å². The summed E-state index contributed by atoms with van der Waals surface area (Å²) >= 11 is 0. The van der Waals surface area contributed by atoms with Crippen LogP contribution in [0.1, 0.15) is 23.0 Å². The minimum Gasteiger partial charge on any atom is -0.465 e. The number of benzene rings is 1. The van der Waals surface area contributed by atoms with Crippen LogP contribution in [0.2, 0.25) is 0 Å². The van der Waals surface area contributed by atoms with Crippen LogP contribution in [0.25, 0.3) is 5.82 Å². The molecule has 7 nitrogen and oxygen atoms in total. The summed E-state index contributed by atoms with van der Waals surface area (Å²) in [6.45, 7) is 3.70. The minimum absolute atomic E-state index is 0.177. The molecule has 1 unspecified atom stereocenters. The van der Waals surface area contributed by atoms with Gasteiger partial charge < -0.3 is 4.74 Å². The minimum atomic E-state index is -1.14. The van der Waals surface area contributed by atoms with Gasteiger partial charge in [-0.2, -0.15) is 9.78 Å². The number of aliphatic imine (C=N–C) groups is 1. The topological polar surface area (TPSA) is 86.4 Å². The number of ether oxygens (including phenoxy) is 1. The van der Waals surface area contributed by atoms with E-state index in [1.165, 1.54) is 6.21 Å². The van der Waals surface area contributed by atoms with Crippen LogP contribution in [-0.2, 0) is 9.53 Å². The maximum Gasteiger partial charge on any atom is 0.322 e. The first-order valence-electron chi connectivity index (χ1n) is 8.88. The summed E-state index contributed by atoms with van der Waals surface area (Å²) in [5.74, 6) is -1.10. The molecule has 0 radical (unpaired) electrons. The number of rotatable bonds is 7. The van der Waals surface area contributed by atoms with Crippen molar-refractivity contribution >= 4 is 23.8 Å². The number of carbonyl (C=O) groups is 2. The second-order valence-electron chi connectivity index (χ2n) is 5.98. The lowest BCUT2D eigenvalue weighted by Gasteiger charge is -2.10. The number of hydrogen-bond donors (Lipinski definition) is 0. The molecule has 0 fully saturated rings. The van der Waals surface area contributed by atoms with Crippen molar-refractivity contribution in [2.75, 3.05) is 6.61 Å². The third kappa shape index (κ3) is 4.37. The van der Waals surface area contributed by atoms with Crippen molar-refractivity contribution in [3.63, 3.8) is 0 Å². The van der Waals surface area contributed by atoms with Gasteiger partial charge in [-0.05, 0) is 26.0 Å². The van der Waals surface area contributed by atoms with E-state index in [9.17, 15) is 9.59 Å². The highest BCUT2D eigenvalue weighted by atomic mass is 16.5. The fourth-order valence-electron chi connectivity index (χ4n) is 2.63. The molecule has 0 saturated heterocycles. The van der Waals surface area contributed by atoms with E-state index < -0.39 is 11.9 Å². The van der Waals surface area contributed by atoms with Crippen LogP contribution in [0, 0.1) is 12.8 Å².